The number of amides is 1. The van der Waals surface area contributed by atoms with Crippen LogP contribution in [0.4, 0.5) is 11.4 Å². The first-order chi connectivity index (χ1) is 10.0. The lowest BCUT2D eigenvalue weighted by molar-refractivity contribution is 0.0381. The molecule has 1 aliphatic carbocycles. The molecule has 0 aliphatic heterocycles. The second-order valence-electron chi connectivity index (χ2n) is 5.87. The molecule has 0 radical (unpaired) electrons. The third-order valence-corrected chi connectivity index (χ3v) is 4.18. The third-order valence-electron chi connectivity index (χ3n) is 4.18. The molecule has 0 unspecified atom stereocenters. The minimum absolute atomic E-state index is 0.157. The van der Waals surface area contributed by atoms with Crippen LogP contribution < -0.4 is 16.4 Å². The van der Waals surface area contributed by atoms with Crippen LogP contribution in [0.15, 0.2) is 18.2 Å². The van der Waals surface area contributed by atoms with Gasteiger partial charge in [-0.2, -0.15) is 0 Å². The van der Waals surface area contributed by atoms with Gasteiger partial charge in [0.25, 0.3) is 5.91 Å². The Balaban J connectivity index is 2.01. The molecule has 5 N–H and O–H groups in total. The molecule has 1 aliphatic rings. The van der Waals surface area contributed by atoms with Gasteiger partial charge in [-0.3, -0.25) is 4.79 Å². The van der Waals surface area contributed by atoms with Gasteiger partial charge in [0.15, 0.2) is 0 Å². The molecule has 1 aromatic carbocycles. The van der Waals surface area contributed by atoms with E-state index in [1.54, 1.807) is 25.2 Å². The summed E-state index contributed by atoms with van der Waals surface area (Å²) >= 11 is 0. The molecular formula is C16H25N3O2. The fraction of sp³-hybridized carbons (Fsp3) is 0.562. The largest absolute Gasteiger partial charge is 0.397 e. The quantitative estimate of drug-likeness (QED) is 0.505. The molecule has 1 aromatic rings. The number of aliphatic hydroxyl groups is 1. The van der Waals surface area contributed by atoms with Crippen LogP contribution in [0.5, 0.6) is 0 Å². The normalized spacial score (nSPS) is 17.8. The van der Waals surface area contributed by atoms with Crippen molar-refractivity contribution < 1.29 is 9.90 Å². The number of nitrogen functional groups attached to an aromatic ring is 1. The maximum absolute atomic E-state index is 11.5. The zero-order valence-corrected chi connectivity index (χ0v) is 12.6. The van der Waals surface area contributed by atoms with Gasteiger partial charge in [-0.25, -0.2) is 0 Å². The van der Waals surface area contributed by atoms with E-state index in [2.05, 4.69) is 10.6 Å². The zero-order valence-electron chi connectivity index (χ0n) is 12.6. The molecule has 0 heterocycles. The molecule has 0 saturated heterocycles. The van der Waals surface area contributed by atoms with Crippen LogP contribution in [0.25, 0.3) is 0 Å². The highest BCUT2D eigenvalue weighted by Crippen LogP contribution is 2.28. The standard InChI is InChI=1S/C16H25N3O2/c1-18-15(20)12-6-7-14(13(17)10-12)19-11-16(21)8-4-2-3-5-9-16/h6-7,10,19,21H,2-5,8-9,11,17H2,1H3,(H,18,20). The molecule has 0 aromatic heterocycles. The van der Waals surface area contributed by atoms with Crippen LogP contribution in [0.3, 0.4) is 0 Å². The summed E-state index contributed by atoms with van der Waals surface area (Å²) in [7, 11) is 1.59. The highest BCUT2D eigenvalue weighted by Gasteiger charge is 2.27. The second-order valence-corrected chi connectivity index (χ2v) is 5.87. The van der Waals surface area contributed by atoms with E-state index in [0.29, 0.717) is 17.8 Å². The van der Waals surface area contributed by atoms with Crippen LogP contribution in [0.2, 0.25) is 0 Å². The van der Waals surface area contributed by atoms with Crippen molar-refractivity contribution in [2.75, 3.05) is 24.6 Å². The lowest BCUT2D eigenvalue weighted by Crippen LogP contribution is -2.36. The Labute approximate surface area is 125 Å². The van der Waals surface area contributed by atoms with Crippen molar-refractivity contribution in [3.63, 3.8) is 0 Å². The second kappa shape index (κ2) is 6.80. The van der Waals surface area contributed by atoms with Crippen LogP contribution in [-0.4, -0.2) is 30.2 Å². The molecular weight excluding hydrogens is 266 g/mol. The average molecular weight is 291 g/mol. The van der Waals surface area contributed by atoms with Crippen molar-refractivity contribution in [2.45, 2.75) is 44.1 Å². The number of rotatable bonds is 4. The van der Waals surface area contributed by atoms with Gasteiger partial charge in [0.2, 0.25) is 0 Å². The Kier molecular flexibility index (Phi) is 5.07. The van der Waals surface area contributed by atoms with Gasteiger partial charge in [0.05, 0.1) is 17.0 Å². The number of carbonyl (C=O) groups is 1. The topological polar surface area (TPSA) is 87.4 Å². The zero-order chi connectivity index (χ0) is 15.3. The van der Waals surface area contributed by atoms with Crippen molar-refractivity contribution in [1.29, 1.82) is 0 Å². The minimum Gasteiger partial charge on any atom is -0.397 e. The number of nitrogens with one attached hydrogen (secondary N) is 2. The van der Waals surface area contributed by atoms with Gasteiger partial charge in [0, 0.05) is 19.2 Å². The molecule has 1 saturated carbocycles. The lowest BCUT2D eigenvalue weighted by Gasteiger charge is -2.27. The SMILES string of the molecule is CNC(=O)c1ccc(NCC2(O)CCCCCC2)c(N)c1. The van der Waals surface area contributed by atoms with Crippen molar-refractivity contribution in [3.05, 3.63) is 23.8 Å². The first-order valence-corrected chi connectivity index (χ1v) is 7.62. The van der Waals surface area contributed by atoms with Crippen molar-refractivity contribution in [3.8, 4) is 0 Å². The summed E-state index contributed by atoms with van der Waals surface area (Å²) in [5, 5.41) is 16.4. The Bertz CT molecular complexity index is 494. The van der Waals surface area contributed by atoms with Crippen LogP contribution in [0.1, 0.15) is 48.9 Å². The molecule has 0 bridgehead atoms. The van der Waals surface area contributed by atoms with E-state index in [0.717, 1.165) is 31.4 Å². The molecule has 5 nitrogen and oxygen atoms in total. The van der Waals surface area contributed by atoms with Gasteiger partial charge in [0.1, 0.15) is 0 Å². The van der Waals surface area contributed by atoms with Crippen LogP contribution in [-0.2, 0) is 0 Å². The number of hydrogen-bond acceptors (Lipinski definition) is 4. The van der Waals surface area contributed by atoms with Crippen LogP contribution in [0, 0.1) is 0 Å². The highest BCUT2D eigenvalue weighted by molar-refractivity contribution is 5.95. The van der Waals surface area contributed by atoms with Gasteiger partial charge in [-0.1, -0.05) is 25.7 Å². The molecule has 21 heavy (non-hydrogen) atoms. The summed E-state index contributed by atoms with van der Waals surface area (Å²) in [6.45, 7) is 0.497. The molecule has 116 valence electrons. The fourth-order valence-electron chi connectivity index (χ4n) is 2.83. The summed E-state index contributed by atoms with van der Waals surface area (Å²) in [5.74, 6) is -0.157. The molecule has 0 atom stereocenters. The Morgan fingerprint density at radius 1 is 1.29 bits per heavy atom. The Hall–Kier alpha value is -1.75. The summed E-state index contributed by atoms with van der Waals surface area (Å²) < 4.78 is 0. The maximum Gasteiger partial charge on any atom is 0.251 e. The fourth-order valence-corrected chi connectivity index (χ4v) is 2.83. The summed E-state index contributed by atoms with van der Waals surface area (Å²) in [5.41, 5.74) is 7.15. The average Bonchev–Trinajstić information content (AvgIpc) is 2.70. The summed E-state index contributed by atoms with van der Waals surface area (Å²) in [4.78, 5) is 11.5. The van der Waals surface area contributed by atoms with Gasteiger partial charge in [-0.05, 0) is 31.0 Å². The van der Waals surface area contributed by atoms with Crippen LogP contribution >= 0.6 is 0 Å². The van der Waals surface area contributed by atoms with Gasteiger partial charge < -0.3 is 21.5 Å². The van der Waals surface area contributed by atoms with E-state index < -0.39 is 5.60 Å². The minimum atomic E-state index is -0.650. The van der Waals surface area contributed by atoms with Crippen molar-refractivity contribution >= 4 is 17.3 Å². The summed E-state index contributed by atoms with van der Waals surface area (Å²) in [6.07, 6.45) is 6.20. The number of benzene rings is 1. The Morgan fingerprint density at radius 3 is 2.52 bits per heavy atom. The van der Waals surface area contributed by atoms with Gasteiger partial charge >= 0.3 is 0 Å². The van der Waals surface area contributed by atoms with E-state index in [9.17, 15) is 9.90 Å². The lowest BCUT2D eigenvalue weighted by atomic mass is 9.94. The first-order valence-electron chi connectivity index (χ1n) is 7.62. The van der Waals surface area contributed by atoms with E-state index in [1.165, 1.54) is 12.8 Å². The smallest absolute Gasteiger partial charge is 0.251 e. The van der Waals surface area contributed by atoms with E-state index in [1.807, 2.05) is 0 Å². The monoisotopic (exact) mass is 291 g/mol. The summed E-state index contributed by atoms with van der Waals surface area (Å²) in [6, 6.07) is 5.17. The number of carbonyl (C=O) groups excluding carboxylic acids is 1. The van der Waals surface area contributed by atoms with Crippen molar-refractivity contribution in [1.82, 2.24) is 5.32 Å². The predicted molar refractivity (Wildman–Crippen MR) is 85.4 cm³/mol. The molecule has 0 spiro atoms. The third kappa shape index (κ3) is 4.11. The number of hydrogen-bond donors (Lipinski definition) is 4. The van der Waals surface area contributed by atoms with E-state index in [-0.39, 0.29) is 5.91 Å². The molecule has 1 amide bonds. The first kappa shape index (κ1) is 15.6. The molecule has 5 heteroatoms. The maximum atomic E-state index is 11.5. The highest BCUT2D eigenvalue weighted by atomic mass is 16.3. The van der Waals surface area contributed by atoms with E-state index in [4.69, 9.17) is 5.73 Å². The van der Waals surface area contributed by atoms with Gasteiger partial charge in [-0.15, -0.1) is 0 Å². The van der Waals surface area contributed by atoms with E-state index >= 15 is 0 Å². The number of nitrogens with two attached hydrogens (primary N) is 1. The number of anilines is 2. The molecule has 2 rings (SSSR count). The predicted octanol–water partition coefficient (Wildman–Crippen LogP) is 2.13. The Morgan fingerprint density at radius 2 is 1.95 bits per heavy atom. The molecule has 1 fully saturated rings. The van der Waals surface area contributed by atoms with Crippen molar-refractivity contribution in [2.24, 2.45) is 0 Å².